The van der Waals surface area contributed by atoms with Crippen LogP contribution in [0.4, 0.5) is 5.69 Å². The molecule has 0 saturated heterocycles. The topological polar surface area (TPSA) is 56.0 Å². The summed E-state index contributed by atoms with van der Waals surface area (Å²) in [7, 11) is 0. The van der Waals surface area contributed by atoms with Crippen LogP contribution in [0.3, 0.4) is 0 Å². The number of halogens is 1. The second-order valence-electron chi connectivity index (χ2n) is 6.24. The fourth-order valence-electron chi connectivity index (χ4n) is 3.17. The van der Waals surface area contributed by atoms with Gasteiger partial charge in [-0.25, -0.2) is 0 Å². The highest BCUT2D eigenvalue weighted by atomic mass is 127. The van der Waals surface area contributed by atoms with E-state index in [9.17, 15) is 10.0 Å². The molecule has 0 aliphatic carbocycles. The Labute approximate surface area is 169 Å². The number of nitrogens with one attached hydrogen (secondary N) is 1. The normalized spacial score (nSPS) is 10.7. The third kappa shape index (κ3) is 3.77. The van der Waals surface area contributed by atoms with Crippen molar-refractivity contribution in [3.8, 4) is 0 Å². The first-order valence-corrected chi connectivity index (χ1v) is 9.89. The van der Waals surface area contributed by atoms with Crippen LogP contribution in [0, 0.1) is 22.6 Å². The first-order valence-electron chi connectivity index (χ1n) is 8.81. The van der Waals surface area contributed by atoms with Crippen LogP contribution in [-0.2, 0) is 19.3 Å². The average molecular weight is 464 g/mol. The van der Waals surface area contributed by atoms with Gasteiger partial charge >= 0.3 is 0 Å². The Hall–Kier alpha value is -1.89. The van der Waals surface area contributed by atoms with E-state index in [1.165, 1.54) is 0 Å². The van der Waals surface area contributed by atoms with Crippen molar-refractivity contribution in [1.82, 2.24) is 0 Å². The summed E-state index contributed by atoms with van der Waals surface area (Å²) >= 11 is 2.17. The summed E-state index contributed by atoms with van der Waals surface area (Å²) in [6.45, 7) is 11.4. The highest BCUT2D eigenvalue weighted by molar-refractivity contribution is 14.1. The Morgan fingerprint density at radius 1 is 1.23 bits per heavy atom. The number of aryl methyl sites for hydroxylation is 2. The lowest BCUT2D eigenvalue weighted by atomic mass is 10.0. The number of carbonyl (C=O) groups is 1. The van der Waals surface area contributed by atoms with Gasteiger partial charge in [-0.2, -0.15) is 4.73 Å². The van der Waals surface area contributed by atoms with Crippen LogP contribution in [0.1, 0.15) is 52.3 Å². The maximum Gasteiger partial charge on any atom is 0.263 e. The van der Waals surface area contributed by atoms with Gasteiger partial charge in [-0.15, -0.1) is 6.58 Å². The maximum absolute atomic E-state index is 13.1. The molecule has 0 aliphatic rings. The summed E-state index contributed by atoms with van der Waals surface area (Å²) in [6.07, 6.45) is 3.97. The zero-order valence-electron chi connectivity index (χ0n) is 15.8. The standard InChI is InChI=1S/C21H25IN2O2/c1-6-10-17-13(4)24(26)14(5)18(19(17)22)21(25)23-20-15(7-2)11-9-12-16(20)8-3/h6,9,11-12H,1,7-8,10H2,2-5H3,(H,23,25). The Morgan fingerprint density at radius 3 is 2.31 bits per heavy atom. The van der Waals surface area contributed by atoms with E-state index < -0.39 is 0 Å². The van der Waals surface area contributed by atoms with E-state index in [4.69, 9.17) is 0 Å². The van der Waals surface area contributed by atoms with E-state index in [-0.39, 0.29) is 5.91 Å². The van der Waals surface area contributed by atoms with Gasteiger partial charge < -0.3 is 10.5 Å². The fourth-order valence-corrected chi connectivity index (χ4v) is 4.41. The lowest BCUT2D eigenvalue weighted by Gasteiger charge is -2.18. The summed E-state index contributed by atoms with van der Waals surface area (Å²) in [5.74, 6) is -0.239. The van der Waals surface area contributed by atoms with Crippen LogP contribution in [0.2, 0.25) is 0 Å². The molecule has 1 aromatic carbocycles. The molecule has 0 atom stereocenters. The lowest BCUT2D eigenvalue weighted by Crippen LogP contribution is -2.39. The quantitative estimate of drug-likeness (QED) is 0.293. The molecule has 2 aromatic rings. The zero-order valence-corrected chi connectivity index (χ0v) is 17.9. The minimum absolute atomic E-state index is 0.239. The lowest BCUT2D eigenvalue weighted by molar-refractivity contribution is -0.619. The number of nitrogens with zero attached hydrogens (tertiary/aromatic N) is 1. The smallest absolute Gasteiger partial charge is 0.263 e. The van der Waals surface area contributed by atoms with Crippen molar-refractivity contribution in [3.63, 3.8) is 0 Å². The average Bonchev–Trinajstić information content (AvgIpc) is 2.63. The summed E-state index contributed by atoms with van der Waals surface area (Å²) in [6, 6.07) is 6.07. The van der Waals surface area contributed by atoms with Crippen molar-refractivity contribution in [1.29, 1.82) is 0 Å². The number of allylic oxidation sites excluding steroid dienone is 1. The van der Waals surface area contributed by atoms with Crippen LogP contribution >= 0.6 is 22.6 Å². The van der Waals surface area contributed by atoms with Gasteiger partial charge in [-0.05, 0) is 53.0 Å². The van der Waals surface area contributed by atoms with Crippen molar-refractivity contribution < 1.29 is 9.52 Å². The molecule has 0 fully saturated rings. The molecular weight excluding hydrogens is 439 g/mol. The number of hydrogen-bond acceptors (Lipinski definition) is 2. The van der Waals surface area contributed by atoms with Crippen LogP contribution in [0.25, 0.3) is 0 Å². The maximum atomic E-state index is 13.1. The van der Waals surface area contributed by atoms with Crippen LogP contribution in [0.5, 0.6) is 0 Å². The van der Waals surface area contributed by atoms with Crippen molar-refractivity contribution >= 4 is 34.2 Å². The van der Waals surface area contributed by atoms with Crippen LogP contribution in [-0.4, -0.2) is 5.91 Å². The van der Waals surface area contributed by atoms with Crippen molar-refractivity contribution in [3.05, 3.63) is 73.3 Å². The predicted octanol–water partition coefficient (Wildman–Crippen LogP) is 4.65. The highest BCUT2D eigenvalue weighted by Crippen LogP contribution is 2.26. The molecule has 0 radical (unpaired) electrons. The Balaban J connectivity index is 2.57. The van der Waals surface area contributed by atoms with Gasteiger partial charge in [0.2, 0.25) is 5.69 Å². The van der Waals surface area contributed by atoms with E-state index in [1.807, 2.05) is 18.2 Å². The number of rotatable bonds is 6. The molecule has 1 N–H and O–H groups in total. The number of aromatic nitrogens is 1. The Kier molecular flexibility index (Phi) is 6.81. The van der Waals surface area contributed by atoms with Gasteiger partial charge in [0.15, 0.2) is 5.69 Å². The summed E-state index contributed by atoms with van der Waals surface area (Å²) in [5, 5.41) is 15.6. The molecule has 0 aliphatic heterocycles. The van der Waals surface area contributed by atoms with E-state index in [1.54, 1.807) is 19.9 Å². The summed E-state index contributed by atoms with van der Waals surface area (Å²) in [5.41, 5.74) is 5.39. The van der Waals surface area contributed by atoms with Gasteiger partial charge in [0.25, 0.3) is 5.91 Å². The summed E-state index contributed by atoms with van der Waals surface area (Å²) < 4.78 is 1.66. The predicted molar refractivity (Wildman–Crippen MR) is 115 cm³/mol. The monoisotopic (exact) mass is 464 g/mol. The fraction of sp³-hybridized carbons (Fsp3) is 0.333. The van der Waals surface area contributed by atoms with Gasteiger partial charge in [-0.3, -0.25) is 4.79 Å². The van der Waals surface area contributed by atoms with Gasteiger partial charge in [0.05, 0.1) is 0 Å². The number of hydrogen-bond donors (Lipinski definition) is 1. The second kappa shape index (κ2) is 8.66. The molecule has 0 bridgehead atoms. The van der Waals surface area contributed by atoms with E-state index in [0.29, 0.717) is 23.4 Å². The third-order valence-electron chi connectivity index (χ3n) is 4.71. The first kappa shape index (κ1) is 20.4. The highest BCUT2D eigenvalue weighted by Gasteiger charge is 2.26. The Morgan fingerprint density at radius 2 is 1.81 bits per heavy atom. The number of amides is 1. The first-order chi connectivity index (χ1) is 12.4. The molecule has 0 unspecified atom stereocenters. The van der Waals surface area contributed by atoms with Gasteiger partial charge in [0.1, 0.15) is 5.56 Å². The van der Waals surface area contributed by atoms with Crippen LogP contribution < -0.4 is 10.0 Å². The minimum atomic E-state index is -0.239. The zero-order chi connectivity index (χ0) is 19.4. The molecule has 26 heavy (non-hydrogen) atoms. The molecule has 1 aromatic heterocycles. The van der Waals surface area contributed by atoms with Crippen LogP contribution in [0.15, 0.2) is 30.9 Å². The van der Waals surface area contributed by atoms with E-state index in [0.717, 1.165) is 43.5 Å². The minimum Gasteiger partial charge on any atom is -0.618 e. The third-order valence-corrected chi connectivity index (χ3v) is 5.90. The molecule has 5 heteroatoms. The van der Waals surface area contributed by atoms with E-state index in [2.05, 4.69) is 48.3 Å². The van der Waals surface area contributed by atoms with E-state index >= 15 is 0 Å². The molecule has 4 nitrogen and oxygen atoms in total. The van der Waals surface area contributed by atoms with Crippen molar-refractivity contribution in [2.75, 3.05) is 5.32 Å². The molecule has 138 valence electrons. The Bertz CT molecular complexity index is 838. The number of pyridine rings is 1. The SMILES string of the molecule is C=CCc1c(I)c(C(=O)Nc2c(CC)cccc2CC)c(C)[n+]([O-])c1C. The number of carbonyl (C=O) groups excluding carboxylic acids is 1. The molecular formula is C21H25IN2O2. The van der Waals surface area contributed by atoms with Crippen molar-refractivity contribution in [2.24, 2.45) is 0 Å². The second-order valence-corrected chi connectivity index (χ2v) is 7.32. The summed E-state index contributed by atoms with van der Waals surface area (Å²) in [4.78, 5) is 13.1. The number of anilines is 1. The molecule has 1 amide bonds. The molecule has 2 rings (SSSR count). The van der Waals surface area contributed by atoms with Gasteiger partial charge in [-0.1, -0.05) is 38.1 Å². The van der Waals surface area contributed by atoms with Crippen molar-refractivity contribution in [2.45, 2.75) is 47.0 Å². The number of para-hydroxylation sites is 1. The van der Waals surface area contributed by atoms with Gasteiger partial charge in [0, 0.05) is 28.7 Å². The molecule has 1 heterocycles. The largest absolute Gasteiger partial charge is 0.618 e. The molecule has 0 spiro atoms. The molecule has 0 saturated carbocycles. The number of benzene rings is 1.